The molecule has 3 nitrogen and oxygen atoms in total. The molecule has 0 atom stereocenters. The molecule has 0 bridgehead atoms. The molecule has 0 aliphatic rings. The summed E-state index contributed by atoms with van der Waals surface area (Å²) in [6.45, 7) is 16.1. The Hall–Kier alpha value is -2.43. The van der Waals surface area contributed by atoms with Gasteiger partial charge in [0.15, 0.2) is 0 Å². The van der Waals surface area contributed by atoms with Gasteiger partial charge in [0.1, 0.15) is 19.1 Å². The summed E-state index contributed by atoms with van der Waals surface area (Å²) in [5.41, 5.74) is 4.54. The van der Waals surface area contributed by atoms with Crippen LogP contribution in [0.2, 0.25) is 0 Å². The fourth-order valence-electron chi connectivity index (χ4n) is 2.50. The first-order valence-electron chi connectivity index (χ1n) is 10.0. The Morgan fingerprint density at radius 2 is 1.50 bits per heavy atom. The van der Waals surface area contributed by atoms with E-state index < -0.39 is 5.92 Å². The van der Waals surface area contributed by atoms with E-state index in [1.54, 1.807) is 12.1 Å². The average Bonchev–Trinajstić information content (AvgIpc) is 2.67. The zero-order valence-corrected chi connectivity index (χ0v) is 19.7. The number of anilines is 1. The summed E-state index contributed by atoms with van der Waals surface area (Å²) in [5, 5.41) is 3.15. The Kier molecular flexibility index (Phi) is 11.3. The van der Waals surface area contributed by atoms with Crippen LogP contribution in [0.25, 0.3) is 0 Å². The second-order valence-corrected chi connectivity index (χ2v) is 8.47. The molecule has 0 heterocycles. The van der Waals surface area contributed by atoms with Gasteiger partial charge < -0.3 is 14.8 Å². The molecular formula is C25H37F2NO2. The van der Waals surface area contributed by atoms with Gasteiger partial charge in [-0.1, -0.05) is 52.3 Å². The van der Waals surface area contributed by atoms with Crippen LogP contribution in [0.4, 0.5) is 14.5 Å². The number of halogens is 2. The smallest absolute Gasteiger partial charge is 0.270 e. The predicted octanol–water partition coefficient (Wildman–Crippen LogP) is 7.29. The molecule has 0 aliphatic heterocycles. The Balaban J connectivity index is 0.000000905. The monoisotopic (exact) mass is 421 g/mol. The van der Waals surface area contributed by atoms with Crippen molar-refractivity contribution in [1.82, 2.24) is 0 Å². The van der Waals surface area contributed by atoms with Gasteiger partial charge in [0, 0.05) is 25.2 Å². The Morgan fingerprint density at radius 3 is 1.90 bits per heavy atom. The maximum absolute atomic E-state index is 13.3. The quantitative estimate of drug-likeness (QED) is 0.551. The summed E-state index contributed by atoms with van der Waals surface area (Å²) in [6.07, 6.45) is 1.27. The van der Waals surface area contributed by atoms with E-state index >= 15 is 0 Å². The van der Waals surface area contributed by atoms with Gasteiger partial charge in [0.2, 0.25) is 0 Å². The van der Waals surface area contributed by atoms with E-state index in [0.29, 0.717) is 5.41 Å². The molecule has 0 amide bonds. The van der Waals surface area contributed by atoms with Crippen molar-refractivity contribution in [3.05, 3.63) is 58.7 Å². The number of hydrogen-bond donors (Lipinski definition) is 1. The molecule has 2 aromatic carbocycles. The van der Waals surface area contributed by atoms with Gasteiger partial charge in [0.25, 0.3) is 5.92 Å². The molecular weight excluding hydrogens is 384 g/mol. The summed E-state index contributed by atoms with van der Waals surface area (Å²) in [6, 6.07) is 10.2. The predicted molar refractivity (Wildman–Crippen MR) is 123 cm³/mol. The Morgan fingerprint density at radius 1 is 1.00 bits per heavy atom. The van der Waals surface area contributed by atoms with Crippen LogP contribution in [0.3, 0.4) is 0 Å². The van der Waals surface area contributed by atoms with E-state index in [1.165, 1.54) is 18.6 Å². The fraction of sp³-hybridized carbons (Fsp3) is 0.480. The molecule has 0 radical (unpaired) electrons. The molecule has 0 spiro atoms. The van der Waals surface area contributed by atoms with E-state index in [9.17, 15) is 8.78 Å². The fourth-order valence-corrected chi connectivity index (χ4v) is 2.50. The third-order valence-electron chi connectivity index (χ3n) is 4.66. The molecule has 2 aromatic rings. The Labute approximate surface area is 180 Å². The standard InChI is InChI=1S/C18H21F2NO.C6H14.CH2O/c1-12-8-16(9-13(2)17(12)21-4)22-11-14-6-5-7-15(10-14)18(3,19)20;1-5-6(2,3)4;1-2/h5-10,21H,11H2,1-4H3;5H2,1-4H3;1H2. The number of rotatable bonds is 5. The lowest BCUT2D eigenvalue weighted by Gasteiger charge is -2.14. The first kappa shape index (κ1) is 27.6. The number of hydrogen-bond acceptors (Lipinski definition) is 3. The van der Waals surface area contributed by atoms with Crippen LogP contribution in [-0.2, 0) is 17.3 Å². The molecule has 5 heteroatoms. The first-order valence-corrected chi connectivity index (χ1v) is 10.0. The molecule has 0 saturated heterocycles. The minimum absolute atomic E-state index is 0.00601. The highest BCUT2D eigenvalue weighted by Crippen LogP contribution is 2.29. The molecule has 0 fully saturated rings. The number of benzene rings is 2. The molecule has 2 rings (SSSR count). The molecule has 30 heavy (non-hydrogen) atoms. The third kappa shape index (κ3) is 9.86. The Bertz CT molecular complexity index is 754. The highest BCUT2D eigenvalue weighted by molar-refractivity contribution is 5.59. The summed E-state index contributed by atoms with van der Waals surface area (Å²) in [5.74, 6) is -2.10. The van der Waals surface area contributed by atoms with Crippen molar-refractivity contribution < 1.29 is 18.3 Å². The highest BCUT2D eigenvalue weighted by Gasteiger charge is 2.24. The van der Waals surface area contributed by atoms with Crippen molar-refractivity contribution in [2.24, 2.45) is 5.41 Å². The highest BCUT2D eigenvalue weighted by atomic mass is 19.3. The van der Waals surface area contributed by atoms with Crippen LogP contribution in [0.1, 0.15) is 63.3 Å². The van der Waals surface area contributed by atoms with Crippen molar-refractivity contribution in [2.75, 3.05) is 12.4 Å². The summed E-state index contributed by atoms with van der Waals surface area (Å²) in [7, 11) is 1.88. The number of carbonyl (C=O) groups is 1. The normalized spacial score (nSPS) is 10.9. The van der Waals surface area contributed by atoms with Gasteiger partial charge in [0.05, 0.1) is 0 Å². The van der Waals surface area contributed by atoms with Crippen LogP contribution in [-0.4, -0.2) is 13.8 Å². The zero-order chi connectivity index (χ0) is 23.5. The first-order chi connectivity index (χ1) is 13.9. The number of nitrogens with one attached hydrogen (secondary N) is 1. The van der Waals surface area contributed by atoms with Crippen molar-refractivity contribution in [3.63, 3.8) is 0 Å². The van der Waals surface area contributed by atoms with Crippen LogP contribution in [0.5, 0.6) is 5.75 Å². The lowest BCUT2D eigenvalue weighted by molar-refractivity contribution is -0.0980. The van der Waals surface area contributed by atoms with Crippen molar-refractivity contribution in [3.8, 4) is 5.75 Å². The van der Waals surface area contributed by atoms with Crippen molar-refractivity contribution in [1.29, 1.82) is 0 Å². The number of carbonyl (C=O) groups excluding carboxylic acids is 1. The molecule has 1 N–H and O–H groups in total. The zero-order valence-electron chi connectivity index (χ0n) is 19.7. The molecule has 0 aromatic heterocycles. The lowest BCUT2D eigenvalue weighted by atomic mass is 9.94. The molecule has 0 saturated carbocycles. The largest absolute Gasteiger partial charge is 0.489 e. The summed E-state index contributed by atoms with van der Waals surface area (Å²) < 4.78 is 32.4. The van der Waals surface area contributed by atoms with Gasteiger partial charge in [-0.25, -0.2) is 8.78 Å². The van der Waals surface area contributed by atoms with Crippen LogP contribution >= 0.6 is 0 Å². The molecule has 0 unspecified atom stereocenters. The van der Waals surface area contributed by atoms with Crippen LogP contribution < -0.4 is 10.1 Å². The third-order valence-corrected chi connectivity index (χ3v) is 4.66. The number of ether oxygens (including phenoxy) is 1. The van der Waals surface area contributed by atoms with Gasteiger partial charge >= 0.3 is 0 Å². The summed E-state index contributed by atoms with van der Waals surface area (Å²) >= 11 is 0. The van der Waals surface area contributed by atoms with E-state index in [0.717, 1.165) is 35.1 Å². The van der Waals surface area contributed by atoms with Crippen molar-refractivity contribution in [2.45, 2.75) is 67.4 Å². The van der Waals surface area contributed by atoms with Crippen LogP contribution in [0, 0.1) is 19.3 Å². The van der Waals surface area contributed by atoms with Crippen LogP contribution in [0.15, 0.2) is 36.4 Å². The van der Waals surface area contributed by atoms with E-state index in [4.69, 9.17) is 9.53 Å². The maximum atomic E-state index is 13.3. The lowest BCUT2D eigenvalue weighted by Crippen LogP contribution is -2.08. The minimum Gasteiger partial charge on any atom is -0.489 e. The van der Waals surface area contributed by atoms with Gasteiger partial charge in [-0.15, -0.1) is 0 Å². The average molecular weight is 422 g/mol. The van der Waals surface area contributed by atoms with E-state index in [2.05, 4.69) is 33.0 Å². The maximum Gasteiger partial charge on any atom is 0.270 e. The van der Waals surface area contributed by atoms with E-state index in [1.807, 2.05) is 39.8 Å². The minimum atomic E-state index is -2.84. The van der Waals surface area contributed by atoms with Crippen molar-refractivity contribution >= 4 is 12.5 Å². The second-order valence-electron chi connectivity index (χ2n) is 8.47. The summed E-state index contributed by atoms with van der Waals surface area (Å²) in [4.78, 5) is 8.00. The van der Waals surface area contributed by atoms with Gasteiger partial charge in [-0.2, -0.15) is 0 Å². The molecule has 168 valence electrons. The second kappa shape index (κ2) is 12.3. The SMILES string of the molecule is C=O.CCC(C)(C)C.CNc1c(C)cc(OCc2cccc(C(C)(F)F)c2)cc1C. The molecule has 0 aliphatic carbocycles. The number of aryl methyl sites for hydroxylation is 2. The topological polar surface area (TPSA) is 38.3 Å². The van der Waals surface area contributed by atoms with E-state index in [-0.39, 0.29) is 12.2 Å². The van der Waals surface area contributed by atoms with Gasteiger partial charge in [-0.3, -0.25) is 0 Å². The van der Waals surface area contributed by atoms with Gasteiger partial charge in [-0.05, 0) is 54.2 Å². The number of alkyl halides is 2.